The van der Waals surface area contributed by atoms with Crippen LogP contribution in [-0.2, 0) is 35.1 Å². The van der Waals surface area contributed by atoms with E-state index in [2.05, 4.69) is 10.6 Å². The maximum absolute atomic E-state index is 14.3. The number of nitrogens with one attached hydrogen (secondary N) is 2. The van der Waals surface area contributed by atoms with Gasteiger partial charge >= 0.3 is 12.3 Å². The number of alkyl halides is 3. The Morgan fingerprint density at radius 3 is 2.40 bits per heavy atom. The molecule has 1 aromatic rings. The van der Waals surface area contributed by atoms with E-state index >= 15 is 0 Å². The Morgan fingerprint density at radius 1 is 1.04 bits per heavy atom. The third-order valence-electron chi connectivity index (χ3n) is 10.9. The second-order valence-corrected chi connectivity index (χ2v) is 16.8. The van der Waals surface area contributed by atoms with Gasteiger partial charge in [0.2, 0.25) is 17.7 Å². The van der Waals surface area contributed by atoms with Crippen LogP contribution in [0.4, 0.5) is 29.3 Å². The van der Waals surface area contributed by atoms with E-state index in [0.717, 1.165) is 31.4 Å². The number of rotatable bonds is 6. The number of halogens is 3. The zero-order valence-corrected chi connectivity index (χ0v) is 28.8. The van der Waals surface area contributed by atoms with Crippen LogP contribution in [0.5, 0.6) is 0 Å². The fourth-order valence-electron chi connectivity index (χ4n) is 7.86. The summed E-state index contributed by atoms with van der Waals surface area (Å²) in [4.78, 5) is 56.7. The summed E-state index contributed by atoms with van der Waals surface area (Å²) in [5.41, 5.74) is 2.96. The topological polar surface area (TPSA) is 168 Å². The third-order valence-corrected chi connectivity index (χ3v) is 13.9. The molecule has 4 fully saturated rings. The fraction of sp³-hybridized carbons (Fsp3) is 0.647. The van der Waals surface area contributed by atoms with Crippen molar-refractivity contribution in [2.45, 2.75) is 93.0 Å². The van der Waals surface area contributed by atoms with Crippen LogP contribution < -0.4 is 21.3 Å². The van der Waals surface area contributed by atoms with Crippen molar-refractivity contribution in [1.82, 2.24) is 10.2 Å². The molecule has 5 atom stereocenters. The molecule has 4 N–H and O–H groups in total. The molecule has 1 saturated heterocycles. The molecule has 16 heteroatoms. The van der Waals surface area contributed by atoms with Crippen LogP contribution in [0.25, 0.3) is 0 Å². The second-order valence-electron chi connectivity index (χ2n) is 14.3. The lowest BCUT2D eigenvalue weighted by Gasteiger charge is -2.34. The van der Waals surface area contributed by atoms with E-state index < -0.39 is 85.3 Å². The number of ether oxygens (including phenoxy) is 1. The van der Waals surface area contributed by atoms with E-state index in [1.807, 2.05) is 11.0 Å². The van der Waals surface area contributed by atoms with Crippen molar-refractivity contribution in [1.29, 1.82) is 0 Å². The second kappa shape index (κ2) is 13.4. The average molecular weight is 724 g/mol. The van der Waals surface area contributed by atoms with E-state index in [1.54, 1.807) is 6.08 Å². The number of amides is 4. The Bertz CT molecular complexity index is 1680. The van der Waals surface area contributed by atoms with Crippen molar-refractivity contribution < 1.29 is 45.5 Å². The SMILES string of the molecule is CN1CCCC/C=C\C2CC2(S(=O)(=O)C2CC2)NC(=O)C2(C(N)=O)CC(OC(=O)Nc3cc(C(F)(F)F)ccc3N3CCCCC3)CC2C1=O. The molecule has 3 saturated carbocycles. The van der Waals surface area contributed by atoms with Gasteiger partial charge < -0.3 is 25.6 Å². The van der Waals surface area contributed by atoms with Gasteiger partial charge in [0.15, 0.2) is 9.84 Å². The molecule has 274 valence electrons. The number of anilines is 2. The normalized spacial score (nSPS) is 31.5. The maximum atomic E-state index is 14.3. The molecule has 1 aromatic carbocycles. The Labute approximate surface area is 289 Å². The highest BCUT2D eigenvalue weighted by atomic mass is 32.2. The number of carbonyl (C=O) groups excluding carboxylic acids is 4. The van der Waals surface area contributed by atoms with Crippen molar-refractivity contribution >= 4 is 45.0 Å². The van der Waals surface area contributed by atoms with E-state index in [0.29, 0.717) is 57.4 Å². The maximum Gasteiger partial charge on any atom is 0.416 e. The Balaban J connectivity index is 1.30. The van der Waals surface area contributed by atoms with E-state index in [1.165, 1.54) is 18.0 Å². The zero-order chi connectivity index (χ0) is 36.1. The number of primary amides is 1. The first kappa shape index (κ1) is 36.0. The van der Waals surface area contributed by atoms with Gasteiger partial charge in [0.25, 0.3) is 0 Å². The van der Waals surface area contributed by atoms with Crippen molar-refractivity contribution in [3.05, 3.63) is 35.9 Å². The van der Waals surface area contributed by atoms with E-state index in [4.69, 9.17) is 10.5 Å². The van der Waals surface area contributed by atoms with Crippen LogP contribution in [0.2, 0.25) is 0 Å². The molecule has 0 radical (unpaired) electrons. The molecule has 3 aliphatic carbocycles. The highest BCUT2D eigenvalue weighted by Crippen LogP contribution is 2.55. The molecular formula is C34H44F3N5O7S. The Kier molecular flexibility index (Phi) is 9.63. The van der Waals surface area contributed by atoms with Gasteiger partial charge in [-0.3, -0.25) is 19.7 Å². The number of hydrogen-bond donors (Lipinski definition) is 3. The molecule has 6 rings (SSSR count). The predicted molar refractivity (Wildman–Crippen MR) is 177 cm³/mol. The molecule has 0 aromatic heterocycles. The van der Waals surface area contributed by atoms with Gasteiger partial charge in [0.05, 0.1) is 28.1 Å². The van der Waals surface area contributed by atoms with Crippen molar-refractivity contribution in [3.63, 3.8) is 0 Å². The van der Waals surface area contributed by atoms with Gasteiger partial charge in [0.1, 0.15) is 16.4 Å². The Hall–Kier alpha value is -3.82. The molecule has 4 amide bonds. The molecule has 2 heterocycles. The standard InChI is InChI=1S/C34H44F3N5O7S/c1-41-14-6-3-2-5-9-22-19-33(22,50(47,48)24-11-12-24)40-30(45)32(29(38)44)20-23(18-25(32)28(41)43)49-31(46)39-26-17-21(34(35,36)37)10-13-27(26)42-15-7-4-8-16-42/h5,9-10,13,17,22-25H,2-4,6-8,11-12,14-16,18-20H2,1H3,(H2,38,44)(H,39,46)(H,40,45)/b9-5-. The molecule has 5 aliphatic rings. The van der Waals surface area contributed by atoms with Crippen LogP contribution >= 0.6 is 0 Å². The summed E-state index contributed by atoms with van der Waals surface area (Å²) in [6.45, 7) is 1.48. The monoisotopic (exact) mass is 723 g/mol. The largest absolute Gasteiger partial charge is 0.446 e. The van der Waals surface area contributed by atoms with Gasteiger partial charge in [-0.25, -0.2) is 13.2 Å². The summed E-state index contributed by atoms with van der Waals surface area (Å²) in [6, 6.07) is 3.08. The summed E-state index contributed by atoms with van der Waals surface area (Å²) >= 11 is 0. The van der Waals surface area contributed by atoms with Gasteiger partial charge in [-0.2, -0.15) is 13.2 Å². The van der Waals surface area contributed by atoms with Gasteiger partial charge in [-0.1, -0.05) is 12.2 Å². The molecule has 2 aliphatic heterocycles. The number of benzene rings is 1. The Morgan fingerprint density at radius 2 is 1.74 bits per heavy atom. The number of carbonyl (C=O) groups is 4. The summed E-state index contributed by atoms with van der Waals surface area (Å²) in [6.07, 6.45) is 1.41. The van der Waals surface area contributed by atoms with Crippen LogP contribution in [-0.4, -0.2) is 80.0 Å². The molecule has 12 nitrogen and oxygen atoms in total. The summed E-state index contributed by atoms with van der Waals surface area (Å²) < 4.78 is 74.1. The smallest absolute Gasteiger partial charge is 0.416 e. The third kappa shape index (κ3) is 6.66. The minimum absolute atomic E-state index is 0.111. The highest BCUT2D eigenvalue weighted by Gasteiger charge is 2.70. The number of sulfone groups is 1. The van der Waals surface area contributed by atoms with Gasteiger partial charge in [0, 0.05) is 39.0 Å². The molecular weight excluding hydrogens is 679 g/mol. The highest BCUT2D eigenvalue weighted by molar-refractivity contribution is 7.94. The van der Waals surface area contributed by atoms with Crippen LogP contribution in [0.15, 0.2) is 30.4 Å². The van der Waals surface area contributed by atoms with Crippen molar-refractivity contribution in [3.8, 4) is 0 Å². The van der Waals surface area contributed by atoms with E-state index in [-0.39, 0.29) is 18.5 Å². The average Bonchev–Trinajstić information content (AvgIpc) is 3.99. The van der Waals surface area contributed by atoms with Crippen LogP contribution in [0.3, 0.4) is 0 Å². The lowest BCUT2D eigenvalue weighted by atomic mass is 9.75. The number of allylic oxidation sites excluding steroid dienone is 1. The zero-order valence-electron chi connectivity index (χ0n) is 28.0. The lowest BCUT2D eigenvalue weighted by molar-refractivity contribution is -0.153. The minimum atomic E-state index is -4.68. The van der Waals surface area contributed by atoms with Gasteiger partial charge in [-0.05, 0) is 82.4 Å². The first-order chi connectivity index (χ1) is 23.6. The summed E-state index contributed by atoms with van der Waals surface area (Å²) in [5.74, 6) is -4.70. The molecule has 0 bridgehead atoms. The number of hydrogen-bond acceptors (Lipinski definition) is 8. The minimum Gasteiger partial charge on any atom is -0.446 e. The molecule has 5 unspecified atom stereocenters. The van der Waals surface area contributed by atoms with Crippen LogP contribution in [0.1, 0.15) is 76.2 Å². The summed E-state index contributed by atoms with van der Waals surface area (Å²) in [7, 11) is -2.33. The van der Waals surface area contributed by atoms with E-state index in [9.17, 15) is 40.8 Å². The van der Waals surface area contributed by atoms with Gasteiger partial charge in [-0.15, -0.1) is 0 Å². The number of piperidine rings is 1. The van der Waals surface area contributed by atoms with Crippen LogP contribution in [0, 0.1) is 17.3 Å². The lowest BCUT2D eigenvalue weighted by Crippen LogP contribution is -2.59. The fourth-order valence-corrected chi connectivity index (χ4v) is 10.4. The first-order valence-corrected chi connectivity index (χ1v) is 18.9. The molecule has 50 heavy (non-hydrogen) atoms. The first-order valence-electron chi connectivity index (χ1n) is 17.3. The molecule has 0 spiro atoms. The number of fused-ring (bicyclic) bond motifs is 2. The summed E-state index contributed by atoms with van der Waals surface area (Å²) in [5, 5.41) is 4.48. The predicted octanol–water partition coefficient (Wildman–Crippen LogP) is 4.10. The number of nitrogens with two attached hydrogens (primary N) is 1. The van der Waals surface area contributed by atoms with Crippen molar-refractivity contribution in [2.75, 3.05) is 36.9 Å². The number of nitrogens with zero attached hydrogens (tertiary/aromatic N) is 2. The quantitative estimate of drug-likeness (QED) is 0.291. The van der Waals surface area contributed by atoms with Crippen molar-refractivity contribution in [2.24, 2.45) is 23.0 Å².